The molecule has 0 saturated heterocycles. The number of nitrogens with zero attached hydrogens (tertiary/aromatic N) is 4. The average molecular weight is 724 g/mol. The van der Waals surface area contributed by atoms with E-state index in [0.29, 0.717) is 37.9 Å². The number of pyridine rings is 2. The highest BCUT2D eigenvalue weighted by Crippen LogP contribution is 2.38. The lowest BCUT2D eigenvalue weighted by molar-refractivity contribution is 0.205. The van der Waals surface area contributed by atoms with E-state index in [2.05, 4.69) is 78.5 Å². The molecule has 3 aromatic heterocycles. The second kappa shape index (κ2) is 14.9. The molecule has 1 aromatic carbocycles. The van der Waals surface area contributed by atoms with Crippen molar-refractivity contribution >= 4 is 38.9 Å². The monoisotopic (exact) mass is 723 g/mol. The summed E-state index contributed by atoms with van der Waals surface area (Å²) in [5.74, 6) is 1.40. The summed E-state index contributed by atoms with van der Waals surface area (Å²) in [5.41, 5.74) is 4.17. The SMILES string of the molecule is CC(C)(C)[S+]([O-])NCc1cccc(-c2cc(OCCO[Si](C)(C)C(C)(C)C)c3cnn(-c4cccc(CO[Si](C)(C)C(C)(C)C)n4)c3c2)n1. The number of hydrogen-bond donors (Lipinski definition) is 1. The van der Waals surface area contributed by atoms with Gasteiger partial charge in [-0.05, 0) is 93.4 Å². The van der Waals surface area contributed by atoms with Gasteiger partial charge in [0.25, 0.3) is 0 Å². The van der Waals surface area contributed by atoms with Crippen molar-refractivity contribution in [3.63, 3.8) is 0 Å². The van der Waals surface area contributed by atoms with Gasteiger partial charge in [0.15, 0.2) is 22.5 Å². The molecule has 4 rings (SSSR count). The van der Waals surface area contributed by atoms with Crippen molar-refractivity contribution in [2.24, 2.45) is 0 Å². The molecule has 0 saturated carbocycles. The Balaban J connectivity index is 1.69. The van der Waals surface area contributed by atoms with Gasteiger partial charge in [-0.25, -0.2) is 9.67 Å². The highest BCUT2D eigenvalue weighted by atomic mass is 32.2. The molecule has 0 aliphatic rings. The standard InChI is InChI=1S/C37H57N5O4SSi2/c1-35(2,3)47(43)39-24-28-16-14-18-31(40-28)27-22-32-30(33(23-27)44-20-21-45-48(10,11)36(4,5)6)25-38-42(32)34-19-15-17-29(41-34)26-46-49(12,13)37(7,8)9/h14-19,22-23,25,39H,20-21,24,26H2,1-13H3. The van der Waals surface area contributed by atoms with Gasteiger partial charge in [-0.15, -0.1) is 4.72 Å². The lowest BCUT2D eigenvalue weighted by Crippen LogP contribution is -2.41. The van der Waals surface area contributed by atoms with Crippen LogP contribution in [0.2, 0.25) is 36.3 Å². The van der Waals surface area contributed by atoms with Gasteiger partial charge in [-0.2, -0.15) is 5.10 Å². The summed E-state index contributed by atoms with van der Waals surface area (Å²) in [4.78, 5) is 9.91. The second-order valence-electron chi connectivity index (χ2n) is 16.7. The molecule has 3 heterocycles. The van der Waals surface area contributed by atoms with Crippen molar-refractivity contribution in [1.29, 1.82) is 0 Å². The largest absolute Gasteiger partial charge is 0.598 e. The van der Waals surface area contributed by atoms with E-state index in [1.807, 2.05) is 74.1 Å². The van der Waals surface area contributed by atoms with E-state index < -0.39 is 28.0 Å². The van der Waals surface area contributed by atoms with E-state index in [4.69, 9.17) is 28.7 Å². The van der Waals surface area contributed by atoms with Gasteiger partial charge in [0, 0.05) is 16.9 Å². The highest BCUT2D eigenvalue weighted by molar-refractivity contribution is 7.90. The van der Waals surface area contributed by atoms with E-state index >= 15 is 0 Å². The van der Waals surface area contributed by atoms with E-state index in [0.717, 1.165) is 33.5 Å². The van der Waals surface area contributed by atoms with E-state index in [-0.39, 0.29) is 14.8 Å². The number of aromatic nitrogens is 4. The number of ether oxygens (including phenoxy) is 1. The summed E-state index contributed by atoms with van der Waals surface area (Å²) in [6.45, 7) is 30.0. The first-order valence-electron chi connectivity index (χ1n) is 17.1. The molecule has 9 nitrogen and oxygen atoms in total. The van der Waals surface area contributed by atoms with Crippen LogP contribution in [0.5, 0.6) is 5.75 Å². The summed E-state index contributed by atoms with van der Waals surface area (Å²) >= 11 is -1.20. The van der Waals surface area contributed by atoms with Gasteiger partial charge >= 0.3 is 0 Å². The number of nitrogens with one attached hydrogen (secondary N) is 1. The molecule has 0 radical (unpaired) electrons. The molecule has 1 atom stereocenters. The Hall–Kier alpha value is -2.59. The van der Waals surface area contributed by atoms with Gasteiger partial charge in [-0.3, -0.25) is 4.98 Å². The van der Waals surface area contributed by atoms with Crippen LogP contribution < -0.4 is 9.46 Å². The van der Waals surface area contributed by atoms with E-state index in [9.17, 15) is 4.55 Å². The van der Waals surface area contributed by atoms with Crippen molar-refractivity contribution in [1.82, 2.24) is 24.5 Å². The molecule has 268 valence electrons. The third-order valence-corrected chi connectivity index (χ3v) is 20.2. The van der Waals surface area contributed by atoms with Crippen LogP contribution in [-0.4, -0.2) is 58.9 Å². The fourth-order valence-electron chi connectivity index (χ4n) is 4.44. The Bertz CT molecular complexity index is 1720. The van der Waals surface area contributed by atoms with Crippen LogP contribution in [0.15, 0.2) is 54.7 Å². The van der Waals surface area contributed by atoms with Gasteiger partial charge in [0.05, 0.1) is 53.9 Å². The zero-order valence-corrected chi connectivity index (χ0v) is 34.7. The molecule has 0 amide bonds. The fraction of sp³-hybridized carbons (Fsp3) is 0.541. The Morgan fingerprint density at radius 3 is 2.08 bits per heavy atom. The lowest BCUT2D eigenvalue weighted by Gasteiger charge is -2.36. The zero-order valence-electron chi connectivity index (χ0n) is 31.9. The van der Waals surface area contributed by atoms with Gasteiger partial charge < -0.3 is 18.1 Å². The fourth-order valence-corrected chi connectivity index (χ4v) is 7.12. The Morgan fingerprint density at radius 2 is 1.43 bits per heavy atom. The quantitative estimate of drug-likeness (QED) is 0.0828. The van der Waals surface area contributed by atoms with Crippen LogP contribution in [0.1, 0.15) is 73.7 Å². The zero-order chi connectivity index (χ0) is 36.4. The van der Waals surface area contributed by atoms with E-state index in [1.165, 1.54) is 0 Å². The number of benzene rings is 1. The molecule has 0 fully saturated rings. The summed E-state index contributed by atoms with van der Waals surface area (Å²) < 4.78 is 36.6. The smallest absolute Gasteiger partial charge is 0.192 e. The molecule has 0 spiro atoms. The van der Waals surface area contributed by atoms with Crippen molar-refractivity contribution in [2.45, 2.75) is 116 Å². The Morgan fingerprint density at radius 1 is 0.796 bits per heavy atom. The van der Waals surface area contributed by atoms with Crippen molar-refractivity contribution in [3.8, 4) is 22.8 Å². The Kier molecular flexibility index (Phi) is 12.0. The topological polar surface area (TPSA) is 106 Å². The second-order valence-corrected chi connectivity index (χ2v) is 28.3. The maximum absolute atomic E-state index is 12.7. The highest BCUT2D eigenvalue weighted by Gasteiger charge is 2.38. The van der Waals surface area contributed by atoms with Crippen LogP contribution in [0.3, 0.4) is 0 Å². The molecular formula is C37H57N5O4SSi2. The number of rotatable bonds is 13. The molecule has 4 aromatic rings. The minimum absolute atomic E-state index is 0.108. The van der Waals surface area contributed by atoms with Crippen LogP contribution in [0.4, 0.5) is 0 Å². The van der Waals surface area contributed by atoms with Gasteiger partial charge in [0.2, 0.25) is 0 Å². The Labute approximate surface area is 299 Å². The normalized spacial score (nSPS) is 14.0. The first-order chi connectivity index (χ1) is 22.6. The predicted molar refractivity (Wildman–Crippen MR) is 207 cm³/mol. The van der Waals surface area contributed by atoms with Gasteiger partial charge in [-0.1, -0.05) is 53.7 Å². The molecule has 12 heteroatoms. The van der Waals surface area contributed by atoms with Crippen molar-refractivity contribution in [3.05, 3.63) is 66.1 Å². The third kappa shape index (κ3) is 9.81. The number of fused-ring (bicyclic) bond motifs is 1. The minimum atomic E-state index is -1.95. The van der Waals surface area contributed by atoms with Crippen LogP contribution >= 0.6 is 0 Å². The molecule has 49 heavy (non-hydrogen) atoms. The lowest BCUT2D eigenvalue weighted by atomic mass is 10.1. The van der Waals surface area contributed by atoms with Crippen LogP contribution in [0.25, 0.3) is 28.0 Å². The average Bonchev–Trinajstić information content (AvgIpc) is 3.44. The third-order valence-electron chi connectivity index (χ3n) is 9.70. The molecule has 0 bridgehead atoms. The van der Waals surface area contributed by atoms with Gasteiger partial charge in [0.1, 0.15) is 17.1 Å². The van der Waals surface area contributed by atoms with E-state index in [1.54, 1.807) is 0 Å². The summed E-state index contributed by atoms with van der Waals surface area (Å²) in [5, 5.41) is 5.89. The molecule has 0 aliphatic heterocycles. The summed E-state index contributed by atoms with van der Waals surface area (Å²) in [6, 6.07) is 16.0. The first kappa shape index (κ1) is 39.2. The van der Waals surface area contributed by atoms with Crippen LogP contribution in [0, 0.1) is 0 Å². The maximum Gasteiger partial charge on any atom is 0.192 e. The number of hydrogen-bond acceptors (Lipinski definition) is 8. The van der Waals surface area contributed by atoms with Crippen LogP contribution in [-0.2, 0) is 33.4 Å². The minimum Gasteiger partial charge on any atom is -0.598 e. The predicted octanol–water partition coefficient (Wildman–Crippen LogP) is 8.96. The molecular weight excluding hydrogens is 667 g/mol. The summed E-state index contributed by atoms with van der Waals surface area (Å²) in [6.07, 6.45) is 1.83. The molecule has 1 N–H and O–H groups in total. The van der Waals surface area contributed by atoms with Crippen molar-refractivity contribution in [2.75, 3.05) is 13.2 Å². The van der Waals surface area contributed by atoms with Crippen molar-refractivity contribution < 1.29 is 18.1 Å². The molecule has 0 aliphatic carbocycles. The first-order valence-corrected chi connectivity index (χ1v) is 24.1. The summed E-state index contributed by atoms with van der Waals surface area (Å²) in [7, 11) is -3.87. The molecule has 1 unspecified atom stereocenters. The maximum atomic E-state index is 12.7.